The van der Waals surface area contributed by atoms with E-state index >= 15 is 0 Å². The molecule has 0 heterocycles. The largest absolute Gasteiger partial charge is 0.489 e. The first-order chi connectivity index (χ1) is 18.9. The Labute approximate surface area is 229 Å². The van der Waals surface area contributed by atoms with Gasteiger partial charge in [-0.15, -0.1) is 0 Å². The van der Waals surface area contributed by atoms with Gasteiger partial charge in [-0.2, -0.15) is 9.41 Å². The molecule has 0 bridgehead atoms. The summed E-state index contributed by atoms with van der Waals surface area (Å²) in [6, 6.07) is 33.3. The molecular formula is C31H31N3O4S. The molecule has 200 valence electrons. The van der Waals surface area contributed by atoms with E-state index in [4.69, 9.17) is 4.74 Å². The molecule has 0 aliphatic rings. The number of aryl methyl sites for hydroxylation is 1. The Kier molecular flexibility index (Phi) is 9.61. The van der Waals surface area contributed by atoms with E-state index in [1.807, 2.05) is 91.9 Å². The van der Waals surface area contributed by atoms with Gasteiger partial charge in [0.1, 0.15) is 12.4 Å². The molecule has 4 aromatic rings. The first-order valence-electron chi connectivity index (χ1n) is 12.6. The summed E-state index contributed by atoms with van der Waals surface area (Å²) in [5, 5.41) is 4.04. The zero-order valence-electron chi connectivity index (χ0n) is 21.7. The summed E-state index contributed by atoms with van der Waals surface area (Å²) >= 11 is 0. The third kappa shape index (κ3) is 8.36. The predicted octanol–water partition coefficient (Wildman–Crippen LogP) is 4.96. The highest BCUT2D eigenvalue weighted by Crippen LogP contribution is 2.18. The van der Waals surface area contributed by atoms with Crippen LogP contribution in [0.3, 0.4) is 0 Å². The molecular weight excluding hydrogens is 510 g/mol. The molecule has 0 spiro atoms. The third-order valence-electron chi connectivity index (χ3n) is 5.98. The highest BCUT2D eigenvalue weighted by atomic mass is 32.2. The summed E-state index contributed by atoms with van der Waals surface area (Å²) < 4.78 is 33.8. The van der Waals surface area contributed by atoms with Crippen molar-refractivity contribution in [3.8, 4) is 5.75 Å². The lowest BCUT2D eigenvalue weighted by molar-refractivity contribution is -0.121. The van der Waals surface area contributed by atoms with Crippen molar-refractivity contribution in [1.82, 2.24) is 9.73 Å². The number of carbonyl (C=O) groups is 1. The minimum atomic E-state index is -3.89. The lowest BCUT2D eigenvalue weighted by atomic mass is 10.1. The molecule has 1 N–H and O–H groups in total. The number of sulfonamides is 1. The average molecular weight is 542 g/mol. The van der Waals surface area contributed by atoms with Crippen LogP contribution in [0.25, 0.3) is 0 Å². The van der Waals surface area contributed by atoms with Crippen molar-refractivity contribution in [2.24, 2.45) is 5.10 Å². The second-order valence-electron chi connectivity index (χ2n) is 9.03. The van der Waals surface area contributed by atoms with E-state index in [-0.39, 0.29) is 18.0 Å². The number of nitrogens with one attached hydrogen (secondary N) is 1. The number of carbonyl (C=O) groups excluding carboxylic acids is 1. The van der Waals surface area contributed by atoms with E-state index < -0.39 is 15.9 Å². The van der Waals surface area contributed by atoms with Gasteiger partial charge in [-0.25, -0.2) is 13.8 Å². The summed E-state index contributed by atoms with van der Waals surface area (Å²) in [5.41, 5.74) is 6.17. The van der Waals surface area contributed by atoms with Gasteiger partial charge >= 0.3 is 0 Å². The first-order valence-corrected chi connectivity index (χ1v) is 14.0. The Balaban J connectivity index is 1.39. The van der Waals surface area contributed by atoms with Crippen LogP contribution in [-0.2, 0) is 27.8 Å². The summed E-state index contributed by atoms with van der Waals surface area (Å²) in [7, 11) is -3.89. The molecule has 39 heavy (non-hydrogen) atoms. The van der Waals surface area contributed by atoms with Crippen molar-refractivity contribution in [1.29, 1.82) is 0 Å². The quantitative estimate of drug-likeness (QED) is 0.203. The van der Waals surface area contributed by atoms with E-state index in [1.54, 1.807) is 24.3 Å². The van der Waals surface area contributed by atoms with Crippen LogP contribution >= 0.6 is 0 Å². The van der Waals surface area contributed by atoms with Crippen LogP contribution in [-0.4, -0.2) is 37.9 Å². The van der Waals surface area contributed by atoms with E-state index in [1.165, 1.54) is 10.5 Å². The van der Waals surface area contributed by atoms with E-state index in [2.05, 4.69) is 10.5 Å². The van der Waals surface area contributed by atoms with Gasteiger partial charge in [-0.3, -0.25) is 4.79 Å². The summed E-state index contributed by atoms with van der Waals surface area (Å²) in [6.07, 6.45) is 1.97. The smallest absolute Gasteiger partial charge is 0.255 e. The second-order valence-corrected chi connectivity index (χ2v) is 11.0. The van der Waals surface area contributed by atoms with Crippen molar-refractivity contribution < 1.29 is 17.9 Å². The fourth-order valence-corrected chi connectivity index (χ4v) is 5.24. The van der Waals surface area contributed by atoms with E-state index in [0.29, 0.717) is 18.8 Å². The number of ether oxygens (including phenoxy) is 1. The third-order valence-corrected chi connectivity index (χ3v) is 7.84. The molecule has 0 radical (unpaired) electrons. The second kappa shape index (κ2) is 13.5. The molecule has 8 heteroatoms. The zero-order valence-corrected chi connectivity index (χ0v) is 22.6. The highest BCUT2D eigenvalue weighted by molar-refractivity contribution is 7.89. The molecule has 0 saturated heterocycles. The molecule has 4 rings (SSSR count). The van der Waals surface area contributed by atoms with Crippen LogP contribution in [0.15, 0.2) is 119 Å². The molecule has 7 nitrogen and oxygen atoms in total. The number of hydrogen-bond acceptors (Lipinski definition) is 5. The van der Waals surface area contributed by atoms with Crippen molar-refractivity contribution in [2.75, 3.05) is 13.1 Å². The molecule has 0 aliphatic carbocycles. The standard InChI is InChI=1S/C31H31N3O4S/c1-25-15-17-30(18-16-25)39(36,37)34(20-19-26-9-4-2-5-10-26)23-31(35)33-32-22-28-13-8-14-29(21-28)38-24-27-11-6-3-7-12-27/h2-18,21-22H,19-20,23-24H2,1H3,(H,33,35)/b32-22-. The van der Waals surface area contributed by atoms with Gasteiger partial charge in [0.25, 0.3) is 5.91 Å². The summed E-state index contributed by atoms with van der Waals surface area (Å²) in [6.45, 7) is 2.12. The Bertz CT molecular complexity index is 1490. The van der Waals surface area contributed by atoms with Gasteiger partial charge in [0.05, 0.1) is 17.7 Å². The van der Waals surface area contributed by atoms with Crippen molar-refractivity contribution in [3.05, 3.63) is 131 Å². The van der Waals surface area contributed by atoms with Gasteiger partial charge < -0.3 is 4.74 Å². The lowest BCUT2D eigenvalue weighted by Crippen LogP contribution is -2.40. The van der Waals surface area contributed by atoms with Crippen LogP contribution in [0.4, 0.5) is 0 Å². The molecule has 1 amide bonds. The summed E-state index contributed by atoms with van der Waals surface area (Å²) in [4.78, 5) is 12.9. The van der Waals surface area contributed by atoms with Gasteiger partial charge in [-0.1, -0.05) is 90.5 Å². The van der Waals surface area contributed by atoms with Gasteiger partial charge in [0.15, 0.2) is 0 Å². The molecule has 0 aliphatic heterocycles. The molecule has 0 fully saturated rings. The topological polar surface area (TPSA) is 88.1 Å². The van der Waals surface area contributed by atoms with Crippen LogP contribution in [0.1, 0.15) is 22.3 Å². The molecule has 0 saturated carbocycles. The van der Waals surface area contributed by atoms with Crippen molar-refractivity contribution >= 4 is 22.1 Å². The minimum absolute atomic E-state index is 0.143. The summed E-state index contributed by atoms with van der Waals surface area (Å²) in [5.74, 6) is 0.136. The van der Waals surface area contributed by atoms with Crippen LogP contribution in [0.2, 0.25) is 0 Å². The maximum absolute atomic E-state index is 13.4. The monoisotopic (exact) mass is 541 g/mol. The van der Waals surface area contributed by atoms with E-state index in [9.17, 15) is 13.2 Å². The lowest BCUT2D eigenvalue weighted by Gasteiger charge is -2.21. The van der Waals surface area contributed by atoms with Crippen LogP contribution < -0.4 is 10.2 Å². The fraction of sp³-hybridized carbons (Fsp3) is 0.161. The maximum atomic E-state index is 13.4. The zero-order chi connectivity index (χ0) is 27.5. The number of hydrazone groups is 1. The highest BCUT2D eigenvalue weighted by Gasteiger charge is 2.26. The number of benzene rings is 4. The fourth-order valence-electron chi connectivity index (χ4n) is 3.84. The Morgan fingerprint density at radius 2 is 1.54 bits per heavy atom. The number of amides is 1. The van der Waals surface area contributed by atoms with E-state index in [0.717, 1.165) is 22.3 Å². The van der Waals surface area contributed by atoms with Crippen LogP contribution in [0.5, 0.6) is 5.75 Å². The maximum Gasteiger partial charge on any atom is 0.255 e. The minimum Gasteiger partial charge on any atom is -0.489 e. The molecule has 0 atom stereocenters. The SMILES string of the molecule is Cc1ccc(S(=O)(=O)N(CCc2ccccc2)CC(=O)N/N=C\c2cccc(OCc3ccccc3)c2)cc1. The average Bonchev–Trinajstić information content (AvgIpc) is 2.95. The Morgan fingerprint density at radius 1 is 0.872 bits per heavy atom. The number of nitrogens with zero attached hydrogens (tertiary/aromatic N) is 2. The van der Waals surface area contributed by atoms with Crippen molar-refractivity contribution in [2.45, 2.75) is 24.8 Å². The number of rotatable bonds is 12. The van der Waals surface area contributed by atoms with Crippen molar-refractivity contribution in [3.63, 3.8) is 0 Å². The predicted molar refractivity (Wildman–Crippen MR) is 153 cm³/mol. The van der Waals surface area contributed by atoms with Gasteiger partial charge in [-0.05, 0) is 54.3 Å². The van der Waals surface area contributed by atoms with Gasteiger partial charge in [0, 0.05) is 6.54 Å². The number of hydrogen-bond donors (Lipinski definition) is 1. The first kappa shape index (κ1) is 27.8. The molecule has 0 unspecified atom stereocenters. The molecule has 4 aromatic carbocycles. The van der Waals surface area contributed by atoms with Crippen LogP contribution in [0, 0.1) is 6.92 Å². The Hall–Kier alpha value is -4.27. The van der Waals surface area contributed by atoms with Gasteiger partial charge in [0.2, 0.25) is 10.0 Å². The molecule has 0 aromatic heterocycles. The Morgan fingerprint density at radius 3 is 2.23 bits per heavy atom. The normalized spacial score (nSPS) is 11.5.